The standard InChI is InChI=1S/C12H21NO4.C5H3N/c1-9(14)16-10-5-7-13(8-6-10)11(15)17-12(2,3)4;1-2-6-5-3-4(1)5/h10H,5-8H2,1-4H3;1-3H. The van der Waals surface area contributed by atoms with Gasteiger partial charge in [0, 0.05) is 44.6 Å². The van der Waals surface area contributed by atoms with Crippen LogP contribution in [0.3, 0.4) is 0 Å². The van der Waals surface area contributed by atoms with Crippen LogP contribution in [-0.2, 0) is 14.3 Å². The first-order valence-corrected chi connectivity index (χ1v) is 7.86. The Morgan fingerprint density at radius 1 is 1.26 bits per heavy atom. The lowest BCUT2D eigenvalue weighted by Crippen LogP contribution is -2.43. The second kappa shape index (κ2) is 6.98. The van der Waals surface area contributed by atoms with Crippen LogP contribution in [0.25, 0.3) is 11.3 Å². The van der Waals surface area contributed by atoms with Crippen molar-refractivity contribution >= 4 is 12.1 Å². The summed E-state index contributed by atoms with van der Waals surface area (Å²) in [5.41, 5.74) is 2.02. The summed E-state index contributed by atoms with van der Waals surface area (Å²) in [6.45, 7) is 8.09. The molecule has 2 heterocycles. The Kier molecular flexibility index (Phi) is 5.23. The van der Waals surface area contributed by atoms with Gasteiger partial charge in [0.1, 0.15) is 11.7 Å². The maximum Gasteiger partial charge on any atom is 0.410 e. The zero-order chi connectivity index (χ0) is 17.0. The van der Waals surface area contributed by atoms with Gasteiger partial charge in [-0.05, 0) is 32.9 Å². The van der Waals surface area contributed by atoms with E-state index in [1.165, 1.54) is 18.2 Å². The molecule has 0 bridgehead atoms. The van der Waals surface area contributed by atoms with Crippen molar-refractivity contribution in [2.45, 2.75) is 52.2 Å². The zero-order valence-corrected chi connectivity index (χ0v) is 14.2. The van der Waals surface area contributed by atoms with Crippen LogP contribution in [0.1, 0.15) is 40.5 Å². The number of hydrogen-bond acceptors (Lipinski definition) is 5. The smallest absolute Gasteiger partial charge is 0.410 e. The molecular weight excluding hydrogens is 296 g/mol. The summed E-state index contributed by atoms with van der Waals surface area (Å²) in [7, 11) is 0. The van der Waals surface area contributed by atoms with Gasteiger partial charge in [-0.3, -0.25) is 9.78 Å². The highest BCUT2D eigenvalue weighted by atomic mass is 16.6. The monoisotopic (exact) mass is 320 g/mol. The first-order valence-electron chi connectivity index (χ1n) is 7.86. The minimum Gasteiger partial charge on any atom is -0.462 e. The van der Waals surface area contributed by atoms with Crippen molar-refractivity contribution in [2.24, 2.45) is 0 Å². The highest BCUT2D eigenvalue weighted by Crippen LogP contribution is 2.29. The summed E-state index contributed by atoms with van der Waals surface area (Å²) in [6, 6.07) is 4.06. The number of carbonyl (C=O) groups is 2. The van der Waals surface area contributed by atoms with Gasteiger partial charge in [0.15, 0.2) is 0 Å². The Morgan fingerprint density at radius 2 is 1.91 bits per heavy atom. The predicted molar refractivity (Wildman–Crippen MR) is 85.8 cm³/mol. The molecule has 0 saturated carbocycles. The summed E-state index contributed by atoms with van der Waals surface area (Å²) in [6.07, 6.45) is 2.83. The summed E-state index contributed by atoms with van der Waals surface area (Å²) in [5.74, 6) is -0.263. The van der Waals surface area contributed by atoms with Crippen molar-refractivity contribution in [3.05, 3.63) is 18.3 Å². The molecule has 6 nitrogen and oxygen atoms in total. The molecule has 2 aliphatic heterocycles. The first kappa shape index (κ1) is 17.2. The summed E-state index contributed by atoms with van der Waals surface area (Å²) in [5, 5.41) is 0. The lowest BCUT2D eigenvalue weighted by atomic mass is 10.1. The highest BCUT2D eigenvalue weighted by molar-refractivity contribution is 5.75. The number of rotatable bonds is 1. The van der Waals surface area contributed by atoms with E-state index in [0.29, 0.717) is 25.9 Å². The summed E-state index contributed by atoms with van der Waals surface area (Å²) < 4.78 is 10.4. The Hall–Kier alpha value is -2.11. The Bertz CT molecular complexity index is 555. The lowest BCUT2D eigenvalue weighted by molar-refractivity contribution is -0.148. The molecule has 3 aliphatic rings. The molecule has 126 valence electrons. The number of aromatic nitrogens is 1. The number of carbonyl (C=O) groups excluding carboxylic acids is 2. The number of piperidine rings is 1. The first-order chi connectivity index (χ1) is 10.7. The van der Waals surface area contributed by atoms with E-state index in [0.717, 1.165) is 0 Å². The van der Waals surface area contributed by atoms with Crippen LogP contribution < -0.4 is 0 Å². The fourth-order valence-electron chi connectivity index (χ4n) is 2.27. The molecule has 0 unspecified atom stereocenters. The van der Waals surface area contributed by atoms with Crippen molar-refractivity contribution in [3.63, 3.8) is 0 Å². The Labute approximate surface area is 136 Å². The van der Waals surface area contributed by atoms with Crippen LogP contribution in [0, 0.1) is 0 Å². The number of esters is 1. The van der Waals surface area contributed by atoms with Gasteiger partial charge >= 0.3 is 12.1 Å². The largest absolute Gasteiger partial charge is 0.462 e. The third-order valence-corrected chi connectivity index (χ3v) is 3.40. The molecule has 0 aromatic carbocycles. The lowest BCUT2D eigenvalue weighted by Gasteiger charge is -2.32. The molecule has 6 heteroatoms. The molecule has 1 fully saturated rings. The minimum absolute atomic E-state index is 0.0637. The number of likely N-dealkylation sites (tertiary alicyclic amines) is 1. The molecule has 1 aliphatic carbocycles. The van der Waals surface area contributed by atoms with Crippen molar-refractivity contribution < 1.29 is 19.1 Å². The van der Waals surface area contributed by atoms with Gasteiger partial charge in [-0.25, -0.2) is 4.79 Å². The molecule has 23 heavy (non-hydrogen) atoms. The number of pyridine rings is 1. The fraction of sp³-hybridized carbons (Fsp3) is 0.588. The van der Waals surface area contributed by atoms with Crippen LogP contribution in [0.5, 0.6) is 0 Å². The molecule has 0 aromatic heterocycles. The molecule has 0 radical (unpaired) electrons. The van der Waals surface area contributed by atoms with E-state index < -0.39 is 5.60 Å². The van der Waals surface area contributed by atoms with Gasteiger partial charge in [-0.2, -0.15) is 0 Å². The molecule has 1 amide bonds. The van der Waals surface area contributed by atoms with Crippen LogP contribution in [0.4, 0.5) is 4.79 Å². The van der Waals surface area contributed by atoms with E-state index in [1.54, 1.807) is 4.90 Å². The Balaban J connectivity index is 0.000000260. The summed E-state index contributed by atoms with van der Waals surface area (Å²) >= 11 is 0. The number of amides is 1. The quantitative estimate of drug-likeness (QED) is 0.756. The Morgan fingerprint density at radius 3 is 2.26 bits per heavy atom. The second-order valence-corrected chi connectivity index (χ2v) is 6.71. The normalized spacial score (nSPS) is 16.1. The van der Waals surface area contributed by atoms with Gasteiger partial charge < -0.3 is 14.4 Å². The summed E-state index contributed by atoms with van der Waals surface area (Å²) in [4.78, 5) is 28.1. The van der Waals surface area contributed by atoms with Gasteiger partial charge in [-0.15, -0.1) is 0 Å². The zero-order valence-electron chi connectivity index (χ0n) is 14.2. The van der Waals surface area contributed by atoms with Crippen molar-refractivity contribution in [1.29, 1.82) is 0 Å². The number of fused-ring (bicyclic) bond motifs is 1. The van der Waals surface area contributed by atoms with E-state index in [-0.39, 0.29) is 18.2 Å². The van der Waals surface area contributed by atoms with Gasteiger partial charge in [-0.1, -0.05) is 0 Å². The van der Waals surface area contributed by atoms with E-state index in [2.05, 4.69) is 11.1 Å². The van der Waals surface area contributed by atoms with E-state index >= 15 is 0 Å². The predicted octanol–water partition coefficient (Wildman–Crippen LogP) is 3.01. The molecular formula is C17H24N2O4. The average molecular weight is 320 g/mol. The third kappa shape index (κ3) is 5.88. The molecule has 0 aromatic rings. The highest BCUT2D eigenvalue weighted by Gasteiger charge is 2.27. The molecule has 3 rings (SSSR count). The van der Waals surface area contributed by atoms with E-state index in [9.17, 15) is 9.59 Å². The maximum absolute atomic E-state index is 11.7. The molecule has 0 atom stereocenters. The van der Waals surface area contributed by atoms with Crippen LogP contribution in [0.15, 0.2) is 18.3 Å². The van der Waals surface area contributed by atoms with Crippen molar-refractivity contribution in [2.75, 3.05) is 13.1 Å². The average Bonchev–Trinajstić information content (AvgIpc) is 3.04. The molecule has 0 N–H and O–H groups in total. The van der Waals surface area contributed by atoms with Gasteiger partial charge in [0.05, 0.1) is 5.69 Å². The van der Waals surface area contributed by atoms with E-state index in [4.69, 9.17) is 9.47 Å². The fourth-order valence-corrected chi connectivity index (χ4v) is 2.27. The number of ether oxygens (including phenoxy) is 2. The van der Waals surface area contributed by atoms with Crippen molar-refractivity contribution in [3.8, 4) is 11.3 Å². The van der Waals surface area contributed by atoms with Gasteiger partial charge in [0.25, 0.3) is 0 Å². The topological polar surface area (TPSA) is 68.7 Å². The van der Waals surface area contributed by atoms with Crippen LogP contribution in [-0.4, -0.2) is 46.7 Å². The van der Waals surface area contributed by atoms with Crippen LogP contribution >= 0.6 is 0 Å². The van der Waals surface area contributed by atoms with E-state index in [1.807, 2.05) is 33.0 Å². The molecule has 1 saturated heterocycles. The maximum atomic E-state index is 11.7. The third-order valence-electron chi connectivity index (χ3n) is 3.40. The minimum atomic E-state index is -0.468. The second-order valence-electron chi connectivity index (χ2n) is 6.71. The molecule has 0 spiro atoms. The number of nitrogens with zero attached hydrogens (tertiary/aromatic N) is 2. The number of hydrogen-bond donors (Lipinski definition) is 0. The van der Waals surface area contributed by atoms with Crippen LogP contribution in [0.2, 0.25) is 0 Å². The van der Waals surface area contributed by atoms with Crippen molar-refractivity contribution in [1.82, 2.24) is 9.88 Å². The SMILES string of the molecule is CC(=O)OC1CCN(C(=O)OC(C)(C)C)CC1.c1cc2cc-2n1. The van der Waals surface area contributed by atoms with Gasteiger partial charge in [0.2, 0.25) is 0 Å².